The minimum atomic E-state index is -3.93. The first kappa shape index (κ1) is 27.2. The first-order valence-electron chi connectivity index (χ1n) is 11.5. The highest BCUT2D eigenvalue weighted by atomic mass is 79.9. The van der Waals surface area contributed by atoms with Crippen LogP contribution in [0.5, 0.6) is 17.6 Å². The van der Waals surface area contributed by atoms with Gasteiger partial charge in [-0.3, -0.25) is 4.72 Å². The van der Waals surface area contributed by atoms with E-state index in [1.54, 1.807) is 12.1 Å². The Morgan fingerprint density at radius 3 is 2.32 bits per heavy atom. The van der Waals surface area contributed by atoms with E-state index in [0.29, 0.717) is 23.3 Å². The van der Waals surface area contributed by atoms with Crippen molar-refractivity contribution in [2.24, 2.45) is 0 Å². The van der Waals surface area contributed by atoms with Gasteiger partial charge in [-0.2, -0.15) is 23.1 Å². The predicted octanol–water partition coefficient (Wildman–Crippen LogP) is 3.65. The molecule has 2 N–H and O–H groups in total. The second-order valence-corrected chi connectivity index (χ2v) is 10.2. The maximum Gasteiger partial charge on any atom is 0.316 e. The molecule has 2 aromatic carbocycles. The molecule has 4 rings (SSSR count). The fourth-order valence-electron chi connectivity index (χ4n) is 3.33. The van der Waals surface area contributed by atoms with Crippen molar-refractivity contribution in [3.63, 3.8) is 0 Å². The van der Waals surface area contributed by atoms with E-state index in [1.807, 2.05) is 42.5 Å². The summed E-state index contributed by atoms with van der Waals surface area (Å²) in [7, 11) is -2.41. The van der Waals surface area contributed by atoms with Crippen molar-refractivity contribution in [3.8, 4) is 28.8 Å². The fourth-order valence-corrected chi connectivity index (χ4v) is 4.44. The summed E-state index contributed by atoms with van der Waals surface area (Å²) in [4.78, 5) is 16.5. The van der Waals surface area contributed by atoms with E-state index < -0.39 is 10.2 Å². The monoisotopic (exact) mass is 600 g/mol. The molecule has 0 bridgehead atoms. The Bertz CT molecular complexity index is 1430. The van der Waals surface area contributed by atoms with Crippen LogP contribution in [0.4, 0.5) is 5.82 Å². The number of methoxy groups -OCH3 is 1. The SMILES string of the molecule is COc1cnc(OCCOc2ncnc(NS(=O)(=O)NCCc3ccccc3)c2-c2ccc(Br)cc2)nc1. The lowest BCUT2D eigenvalue weighted by atomic mass is 10.1. The summed E-state index contributed by atoms with van der Waals surface area (Å²) in [5.41, 5.74) is 2.06. The Morgan fingerprint density at radius 1 is 0.895 bits per heavy atom. The molecule has 0 fully saturated rings. The van der Waals surface area contributed by atoms with Crippen LogP contribution in [-0.4, -0.2) is 55.2 Å². The summed E-state index contributed by atoms with van der Waals surface area (Å²) >= 11 is 3.41. The van der Waals surface area contributed by atoms with Crippen LogP contribution in [0.2, 0.25) is 0 Å². The molecule has 13 heteroatoms. The lowest BCUT2D eigenvalue weighted by Gasteiger charge is -2.16. The van der Waals surface area contributed by atoms with Gasteiger partial charge in [0.2, 0.25) is 5.88 Å². The van der Waals surface area contributed by atoms with E-state index >= 15 is 0 Å². The van der Waals surface area contributed by atoms with E-state index in [2.05, 4.69) is 45.3 Å². The molecule has 0 spiro atoms. The third-order valence-corrected chi connectivity index (χ3v) is 6.69. The number of anilines is 1. The van der Waals surface area contributed by atoms with Crippen molar-refractivity contribution in [2.75, 3.05) is 31.6 Å². The lowest BCUT2D eigenvalue weighted by molar-refractivity contribution is 0.201. The molecule has 38 heavy (non-hydrogen) atoms. The first-order valence-corrected chi connectivity index (χ1v) is 13.7. The molecule has 2 heterocycles. The Hall–Kier alpha value is -3.81. The summed E-state index contributed by atoms with van der Waals surface area (Å²) in [5.74, 6) is 0.769. The van der Waals surface area contributed by atoms with Gasteiger partial charge in [0.05, 0.1) is 25.1 Å². The summed E-state index contributed by atoms with van der Waals surface area (Å²) in [6, 6.07) is 17.0. The van der Waals surface area contributed by atoms with Crippen LogP contribution in [-0.2, 0) is 16.6 Å². The number of hydrogen-bond donors (Lipinski definition) is 2. The zero-order valence-electron chi connectivity index (χ0n) is 20.4. The minimum absolute atomic E-state index is 0.0731. The van der Waals surface area contributed by atoms with Gasteiger partial charge in [-0.1, -0.05) is 58.4 Å². The molecular weight excluding hydrogens is 576 g/mol. The molecule has 0 aliphatic heterocycles. The molecule has 0 aliphatic rings. The van der Waals surface area contributed by atoms with Gasteiger partial charge in [0.1, 0.15) is 19.5 Å². The van der Waals surface area contributed by atoms with Crippen LogP contribution in [0.25, 0.3) is 11.1 Å². The van der Waals surface area contributed by atoms with Gasteiger partial charge in [-0.15, -0.1) is 0 Å². The van der Waals surface area contributed by atoms with Gasteiger partial charge in [-0.05, 0) is 29.7 Å². The number of rotatable bonds is 13. The summed E-state index contributed by atoms with van der Waals surface area (Å²) in [5, 5.41) is 0. The fraction of sp³-hybridized carbons (Fsp3) is 0.200. The third kappa shape index (κ3) is 7.84. The zero-order chi connectivity index (χ0) is 26.8. The van der Waals surface area contributed by atoms with Gasteiger partial charge in [0, 0.05) is 11.0 Å². The molecule has 0 saturated heterocycles. The average Bonchev–Trinajstić information content (AvgIpc) is 2.92. The van der Waals surface area contributed by atoms with Crippen molar-refractivity contribution in [2.45, 2.75) is 6.42 Å². The molecular formula is C25H25BrN6O5S. The Morgan fingerprint density at radius 2 is 1.61 bits per heavy atom. The highest BCUT2D eigenvalue weighted by Crippen LogP contribution is 2.34. The van der Waals surface area contributed by atoms with Gasteiger partial charge >= 0.3 is 6.01 Å². The minimum Gasteiger partial charge on any atom is -0.494 e. The Balaban J connectivity index is 1.47. The van der Waals surface area contributed by atoms with Crippen LogP contribution in [0.15, 0.2) is 77.8 Å². The largest absolute Gasteiger partial charge is 0.494 e. The second kappa shape index (κ2) is 13.1. The molecule has 2 aromatic heterocycles. The van der Waals surface area contributed by atoms with E-state index in [4.69, 9.17) is 14.2 Å². The first-order chi connectivity index (χ1) is 18.4. The number of aromatic nitrogens is 4. The molecule has 4 aromatic rings. The van der Waals surface area contributed by atoms with Gasteiger partial charge < -0.3 is 14.2 Å². The van der Waals surface area contributed by atoms with Crippen molar-refractivity contribution in [1.29, 1.82) is 0 Å². The van der Waals surface area contributed by atoms with Crippen molar-refractivity contribution in [1.82, 2.24) is 24.7 Å². The van der Waals surface area contributed by atoms with Crippen LogP contribution in [0.3, 0.4) is 0 Å². The van der Waals surface area contributed by atoms with E-state index in [-0.39, 0.29) is 37.5 Å². The number of ether oxygens (including phenoxy) is 3. The van der Waals surface area contributed by atoms with E-state index in [9.17, 15) is 8.42 Å². The number of halogens is 1. The predicted molar refractivity (Wildman–Crippen MR) is 145 cm³/mol. The third-order valence-electron chi connectivity index (χ3n) is 5.12. The summed E-state index contributed by atoms with van der Waals surface area (Å²) in [6.07, 6.45) is 4.75. The Labute approximate surface area is 229 Å². The van der Waals surface area contributed by atoms with Crippen LogP contribution >= 0.6 is 15.9 Å². The van der Waals surface area contributed by atoms with Gasteiger partial charge in [0.15, 0.2) is 11.6 Å². The summed E-state index contributed by atoms with van der Waals surface area (Å²) < 4.78 is 48.0. The molecule has 11 nitrogen and oxygen atoms in total. The average molecular weight is 601 g/mol. The normalized spacial score (nSPS) is 11.1. The topological polar surface area (TPSA) is 137 Å². The van der Waals surface area contributed by atoms with Crippen LogP contribution in [0, 0.1) is 0 Å². The smallest absolute Gasteiger partial charge is 0.316 e. The van der Waals surface area contributed by atoms with E-state index in [1.165, 1.54) is 25.8 Å². The molecule has 0 unspecified atom stereocenters. The number of benzene rings is 2. The molecule has 0 radical (unpaired) electrons. The van der Waals surface area contributed by atoms with Crippen molar-refractivity contribution >= 4 is 32.0 Å². The van der Waals surface area contributed by atoms with Crippen LogP contribution in [0.1, 0.15) is 5.56 Å². The molecule has 0 aliphatic carbocycles. The summed E-state index contributed by atoms with van der Waals surface area (Å²) in [6.45, 7) is 0.432. The number of nitrogens with one attached hydrogen (secondary N) is 2. The van der Waals surface area contributed by atoms with Crippen molar-refractivity contribution in [3.05, 3.63) is 83.4 Å². The number of hydrogen-bond acceptors (Lipinski definition) is 9. The molecule has 0 saturated carbocycles. The highest BCUT2D eigenvalue weighted by molar-refractivity contribution is 9.10. The van der Waals surface area contributed by atoms with Gasteiger partial charge in [0.25, 0.3) is 10.2 Å². The maximum atomic E-state index is 12.8. The lowest BCUT2D eigenvalue weighted by Crippen LogP contribution is -2.32. The Kier molecular flexibility index (Phi) is 9.40. The highest BCUT2D eigenvalue weighted by Gasteiger charge is 2.20. The molecule has 198 valence electrons. The van der Waals surface area contributed by atoms with E-state index in [0.717, 1.165) is 10.0 Å². The molecule has 0 atom stereocenters. The quantitative estimate of drug-likeness (QED) is 0.220. The molecule has 0 amide bonds. The zero-order valence-corrected chi connectivity index (χ0v) is 22.8. The standard InChI is InChI=1S/C25H25BrN6O5S/c1-35-21-15-27-25(28-16-21)37-14-13-36-24-22(19-7-9-20(26)10-8-19)23(29-17-30-24)32-38(33,34)31-12-11-18-5-3-2-4-6-18/h2-10,15-17,31H,11-14H2,1H3,(H,29,30,32). The maximum absolute atomic E-state index is 12.8. The van der Waals surface area contributed by atoms with Crippen LogP contribution < -0.4 is 23.7 Å². The second-order valence-electron chi connectivity index (χ2n) is 7.75. The van der Waals surface area contributed by atoms with Gasteiger partial charge in [-0.25, -0.2) is 9.97 Å². The number of nitrogens with zero attached hydrogens (tertiary/aromatic N) is 4. The van der Waals surface area contributed by atoms with Crippen molar-refractivity contribution < 1.29 is 22.6 Å².